The molecule has 3 aromatic heterocycles. The van der Waals surface area contributed by atoms with Crippen LogP contribution in [0.5, 0.6) is 0 Å². The summed E-state index contributed by atoms with van der Waals surface area (Å²) in [7, 11) is 1.93. The van der Waals surface area contributed by atoms with E-state index in [0.717, 1.165) is 30.1 Å². The van der Waals surface area contributed by atoms with Crippen LogP contribution in [-0.2, 0) is 13.5 Å². The molecule has 3 heterocycles. The molecule has 0 aromatic carbocycles. The van der Waals surface area contributed by atoms with Gasteiger partial charge >= 0.3 is 0 Å². The molecule has 0 saturated carbocycles. The Morgan fingerprint density at radius 2 is 2.11 bits per heavy atom. The van der Waals surface area contributed by atoms with Gasteiger partial charge in [0.2, 0.25) is 0 Å². The SMILES string of the molecule is Cn1cnnc1CCNc1ccc2nccnc2n1. The molecule has 0 amide bonds. The molecule has 0 unspecified atom stereocenters. The van der Waals surface area contributed by atoms with Gasteiger partial charge in [-0.1, -0.05) is 0 Å². The summed E-state index contributed by atoms with van der Waals surface area (Å²) in [6.45, 7) is 0.741. The van der Waals surface area contributed by atoms with Crippen molar-refractivity contribution in [2.75, 3.05) is 11.9 Å². The fraction of sp³-hybridized carbons (Fsp3) is 0.250. The molecule has 0 fully saturated rings. The van der Waals surface area contributed by atoms with Gasteiger partial charge in [0.1, 0.15) is 23.5 Å². The van der Waals surface area contributed by atoms with E-state index in [4.69, 9.17) is 0 Å². The Kier molecular flexibility index (Phi) is 3.01. The molecule has 0 saturated heterocycles. The van der Waals surface area contributed by atoms with E-state index < -0.39 is 0 Å². The Hall–Kier alpha value is -2.57. The molecule has 0 aliphatic carbocycles. The zero-order valence-corrected chi connectivity index (χ0v) is 10.5. The monoisotopic (exact) mass is 255 g/mol. The first-order valence-electron chi connectivity index (χ1n) is 5.97. The van der Waals surface area contributed by atoms with Crippen molar-refractivity contribution in [1.29, 1.82) is 0 Å². The molecular formula is C12H13N7. The number of rotatable bonds is 4. The zero-order chi connectivity index (χ0) is 13.1. The molecule has 1 N–H and O–H groups in total. The maximum Gasteiger partial charge on any atom is 0.180 e. The predicted octanol–water partition coefficient (Wildman–Crippen LogP) is 0.808. The minimum Gasteiger partial charge on any atom is -0.370 e. The number of hydrogen-bond acceptors (Lipinski definition) is 6. The second kappa shape index (κ2) is 4.97. The third kappa shape index (κ3) is 2.49. The lowest BCUT2D eigenvalue weighted by atomic mass is 10.3. The molecule has 96 valence electrons. The molecule has 7 nitrogen and oxygen atoms in total. The average molecular weight is 255 g/mol. The van der Waals surface area contributed by atoms with E-state index in [1.807, 2.05) is 23.7 Å². The van der Waals surface area contributed by atoms with Crippen molar-refractivity contribution in [3.8, 4) is 0 Å². The molecule has 0 aliphatic rings. The smallest absolute Gasteiger partial charge is 0.180 e. The largest absolute Gasteiger partial charge is 0.370 e. The third-order valence-corrected chi connectivity index (χ3v) is 2.79. The van der Waals surface area contributed by atoms with Crippen LogP contribution in [0.15, 0.2) is 30.9 Å². The van der Waals surface area contributed by atoms with Gasteiger partial charge in [-0.05, 0) is 12.1 Å². The van der Waals surface area contributed by atoms with Crippen molar-refractivity contribution in [1.82, 2.24) is 29.7 Å². The fourth-order valence-electron chi connectivity index (χ4n) is 1.79. The van der Waals surface area contributed by atoms with Crippen LogP contribution in [0.1, 0.15) is 5.82 Å². The molecular weight excluding hydrogens is 242 g/mol. The maximum atomic E-state index is 4.39. The van der Waals surface area contributed by atoms with Crippen LogP contribution in [0.2, 0.25) is 0 Å². The minimum atomic E-state index is 0.645. The van der Waals surface area contributed by atoms with Crippen molar-refractivity contribution < 1.29 is 0 Å². The molecule has 3 aromatic rings. The van der Waals surface area contributed by atoms with Crippen molar-refractivity contribution in [3.63, 3.8) is 0 Å². The first-order valence-corrected chi connectivity index (χ1v) is 5.97. The van der Waals surface area contributed by atoms with E-state index >= 15 is 0 Å². The molecule has 7 heteroatoms. The van der Waals surface area contributed by atoms with E-state index in [-0.39, 0.29) is 0 Å². The number of anilines is 1. The van der Waals surface area contributed by atoms with E-state index in [2.05, 4.69) is 30.5 Å². The van der Waals surface area contributed by atoms with Gasteiger partial charge in [0.25, 0.3) is 0 Å². The van der Waals surface area contributed by atoms with E-state index in [9.17, 15) is 0 Å². The van der Waals surface area contributed by atoms with Crippen LogP contribution in [0, 0.1) is 0 Å². The minimum absolute atomic E-state index is 0.645. The Morgan fingerprint density at radius 3 is 2.95 bits per heavy atom. The molecule has 0 atom stereocenters. The lowest BCUT2D eigenvalue weighted by Crippen LogP contribution is -2.09. The Morgan fingerprint density at radius 1 is 1.21 bits per heavy atom. The second-order valence-corrected chi connectivity index (χ2v) is 4.13. The highest BCUT2D eigenvalue weighted by molar-refractivity contribution is 5.71. The topological polar surface area (TPSA) is 81.4 Å². The van der Waals surface area contributed by atoms with Gasteiger partial charge in [0.15, 0.2) is 5.65 Å². The van der Waals surface area contributed by atoms with E-state index in [1.165, 1.54) is 0 Å². The van der Waals surface area contributed by atoms with Crippen molar-refractivity contribution in [2.45, 2.75) is 6.42 Å². The van der Waals surface area contributed by atoms with Crippen LogP contribution in [-0.4, -0.2) is 36.3 Å². The number of nitrogens with one attached hydrogen (secondary N) is 1. The van der Waals surface area contributed by atoms with Crippen LogP contribution in [0.3, 0.4) is 0 Å². The number of nitrogens with zero attached hydrogens (tertiary/aromatic N) is 6. The second-order valence-electron chi connectivity index (χ2n) is 4.13. The van der Waals surface area contributed by atoms with Gasteiger partial charge < -0.3 is 9.88 Å². The van der Waals surface area contributed by atoms with Gasteiger partial charge in [0.05, 0.1) is 0 Å². The zero-order valence-electron chi connectivity index (χ0n) is 10.5. The maximum absolute atomic E-state index is 4.39. The highest BCUT2D eigenvalue weighted by atomic mass is 15.2. The summed E-state index contributed by atoms with van der Waals surface area (Å²) in [6, 6.07) is 3.80. The quantitative estimate of drug-likeness (QED) is 0.743. The van der Waals surface area contributed by atoms with Gasteiger partial charge in [-0.2, -0.15) is 0 Å². The number of fused-ring (bicyclic) bond motifs is 1. The standard InChI is InChI=1S/C12H13N7/c1-19-8-16-18-11(19)4-5-14-10-3-2-9-12(17-10)15-7-6-13-9/h2-3,6-8H,4-5H2,1H3,(H,14,15,17). The lowest BCUT2D eigenvalue weighted by molar-refractivity contribution is 0.787. The lowest BCUT2D eigenvalue weighted by Gasteiger charge is -2.05. The van der Waals surface area contributed by atoms with Crippen LogP contribution in [0.4, 0.5) is 5.82 Å². The summed E-state index contributed by atoms with van der Waals surface area (Å²) < 4.78 is 1.90. The first kappa shape index (κ1) is 11.5. The van der Waals surface area contributed by atoms with Gasteiger partial charge in [-0.3, -0.25) is 4.98 Å². The van der Waals surface area contributed by atoms with Crippen molar-refractivity contribution in [3.05, 3.63) is 36.7 Å². The van der Waals surface area contributed by atoms with Crippen LogP contribution < -0.4 is 5.32 Å². The molecule has 3 rings (SSSR count). The van der Waals surface area contributed by atoms with Gasteiger partial charge in [0, 0.05) is 32.4 Å². The summed E-state index contributed by atoms with van der Waals surface area (Å²) in [5.74, 6) is 1.73. The molecule has 0 radical (unpaired) electrons. The molecule has 19 heavy (non-hydrogen) atoms. The van der Waals surface area contributed by atoms with Gasteiger partial charge in [-0.15, -0.1) is 10.2 Å². The summed E-state index contributed by atoms with van der Waals surface area (Å²) in [5, 5.41) is 11.1. The van der Waals surface area contributed by atoms with E-state index in [0.29, 0.717) is 5.65 Å². The van der Waals surface area contributed by atoms with Crippen LogP contribution >= 0.6 is 0 Å². The van der Waals surface area contributed by atoms with Gasteiger partial charge in [-0.25, -0.2) is 9.97 Å². The number of hydrogen-bond donors (Lipinski definition) is 1. The fourth-order valence-corrected chi connectivity index (χ4v) is 1.79. The normalized spacial score (nSPS) is 10.8. The predicted molar refractivity (Wildman–Crippen MR) is 70.5 cm³/mol. The summed E-state index contributed by atoms with van der Waals surface area (Å²) in [6.07, 6.45) is 5.78. The molecule has 0 aliphatic heterocycles. The molecule has 0 bridgehead atoms. The van der Waals surface area contributed by atoms with Crippen LogP contribution in [0.25, 0.3) is 11.2 Å². The number of aromatic nitrogens is 6. The Labute approximate surface area is 109 Å². The summed E-state index contributed by atoms with van der Waals surface area (Å²) in [5.41, 5.74) is 1.44. The summed E-state index contributed by atoms with van der Waals surface area (Å²) in [4.78, 5) is 12.7. The molecule has 0 spiro atoms. The average Bonchev–Trinajstić information content (AvgIpc) is 2.84. The third-order valence-electron chi connectivity index (χ3n) is 2.79. The summed E-state index contributed by atoms with van der Waals surface area (Å²) >= 11 is 0. The van der Waals surface area contributed by atoms with E-state index in [1.54, 1.807) is 18.7 Å². The Balaban J connectivity index is 1.67. The first-order chi connectivity index (χ1) is 9.33. The number of aryl methyl sites for hydroxylation is 1. The Bertz CT molecular complexity index is 691. The van der Waals surface area contributed by atoms with Crippen molar-refractivity contribution in [2.24, 2.45) is 7.05 Å². The highest BCUT2D eigenvalue weighted by Gasteiger charge is 2.02. The highest BCUT2D eigenvalue weighted by Crippen LogP contribution is 2.09. The number of pyridine rings is 1. The van der Waals surface area contributed by atoms with Crippen molar-refractivity contribution >= 4 is 17.0 Å².